The highest BCUT2D eigenvalue weighted by molar-refractivity contribution is 5.94. The first-order chi connectivity index (χ1) is 12.7. The molecule has 4 rings (SSSR count). The van der Waals surface area contributed by atoms with Gasteiger partial charge in [-0.15, -0.1) is 0 Å². The number of aromatic nitrogens is 1. The molecule has 0 radical (unpaired) electrons. The number of H-pyrrole nitrogens is 1. The van der Waals surface area contributed by atoms with Gasteiger partial charge in [0.25, 0.3) is 5.91 Å². The van der Waals surface area contributed by atoms with Crippen LogP contribution in [0.5, 0.6) is 0 Å². The lowest BCUT2D eigenvalue weighted by Crippen LogP contribution is -2.44. The van der Waals surface area contributed by atoms with Crippen LogP contribution in [0.1, 0.15) is 28.8 Å². The van der Waals surface area contributed by atoms with Gasteiger partial charge in [-0.1, -0.05) is 24.3 Å². The van der Waals surface area contributed by atoms with Gasteiger partial charge >= 0.3 is 0 Å². The molecule has 0 bridgehead atoms. The van der Waals surface area contributed by atoms with Crippen molar-refractivity contribution in [1.29, 1.82) is 0 Å². The molecule has 0 aliphatic carbocycles. The van der Waals surface area contributed by atoms with Gasteiger partial charge in [-0.05, 0) is 42.7 Å². The van der Waals surface area contributed by atoms with Gasteiger partial charge in [0.1, 0.15) is 5.82 Å². The van der Waals surface area contributed by atoms with Crippen LogP contribution in [0.2, 0.25) is 0 Å². The van der Waals surface area contributed by atoms with Crippen LogP contribution >= 0.6 is 0 Å². The van der Waals surface area contributed by atoms with Gasteiger partial charge in [0.05, 0.1) is 5.56 Å². The van der Waals surface area contributed by atoms with Crippen molar-refractivity contribution in [2.75, 3.05) is 13.1 Å². The number of rotatable bonds is 4. The molecule has 2 heterocycles. The minimum absolute atomic E-state index is 0.165. The van der Waals surface area contributed by atoms with Crippen LogP contribution in [0.3, 0.4) is 0 Å². The molecule has 3 aromatic rings. The number of hydrogen-bond acceptors (Lipinski definition) is 2. The molecular formula is C21H22FN3O. The SMILES string of the molecule is O=C(c1ccccc1F)N1CCC(NCc2cccc3[nH]ccc23)CC1. The molecular weight excluding hydrogens is 329 g/mol. The highest BCUT2D eigenvalue weighted by Crippen LogP contribution is 2.19. The summed E-state index contributed by atoms with van der Waals surface area (Å²) < 4.78 is 13.8. The molecule has 2 aromatic carbocycles. The number of carbonyl (C=O) groups is 1. The van der Waals surface area contributed by atoms with E-state index in [1.54, 1.807) is 23.1 Å². The van der Waals surface area contributed by atoms with Gasteiger partial charge in [0, 0.05) is 42.8 Å². The number of fused-ring (bicyclic) bond motifs is 1. The monoisotopic (exact) mass is 351 g/mol. The number of likely N-dealkylation sites (tertiary alicyclic amines) is 1. The second-order valence-electron chi connectivity index (χ2n) is 6.78. The Bertz CT molecular complexity index is 912. The largest absolute Gasteiger partial charge is 0.361 e. The fourth-order valence-electron chi connectivity index (χ4n) is 3.65. The Morgan fingerprint density at radius 3 is 2.73 bits per heavy atom. The maximum Gasteiger partial charge on any atom is 0.256 e. The van der Waals surface area contributed by atoms with Crippen LogP contribution in [-0.2, 0) is 6.54 Å². The van der Waals surface area contributed by atoms with Gasteiger partial charge in [0.15, 0.2) is 0 Å². The van der Waals surface area contributed by atoms with Crippen molar-refractivity contribution >= 4 is 16.8 Å². The molecule has 0 atom stereocenters. The van der Waals surface area contributed by atoms with E-state index in [0.717, 1.165) is 24.9 Å². The van der Waals surface area contributed by atoms with E-state index < -0.39 is 5.82 Å². The zero-order chi connectivity index (χ0) is 17.9. The third kappa shape index (κ3) is 3.35. The van der Waals surface area contributed by atoms with E-state index in [2.05, 4.69) is 34.6 Å². The summed E-state index contributed by atoms with van der Waals surface area (Å²) in [6, 6.07) is 14.9. The molecule has 4 nitrogen and oxygen atoms in total. The van der Waals surface area contributed by atoms with Crippen LogP contribution in [-0.4, -0.2) is 34.9 Å². The van der Waals surface area contributed by atoms with Gasteiger partial charge in [-0.3, -0.25) is 4.79 Å². The summed E-state index contributed by atoms with van der Waals surface area (Å²) in [4.78, 5) is 17.5. The van der Waals surface area contributed by atoms with Crippen LogP contribution in [0, 0.1) is 5.82 Å². The van der Waals surface area contributed by atoms with Crippen LogP contribution in [0.15, 0.2) is 54.7 Å². The molecule has 5 heteroatoms. The Balaban J connectivity index is 1.33. The summed E-state index contributed by atoms with van der Waals surface area (Å²) in [5.74, 6) is -0.656. The Labute approximate surface area is 152 Å². The standard InChI is InChI=1S/C21H22FN3O/c22-19-6-2-1-5-18(19)21(26)25-12-9-16(10-13-25)24-14-15-4-3-7-20-17(15)8-11-23-20/h1-8,11,16,23-24H,9-10,12-14H2. The van der Waals surface area contributed by atoms with Crippen molar-refractivity contribution in [1.82, 2.24) is 15.2 Å². The van der Waals surface area contributed by atoms with E-state index in [-0.39, 0.29) is 11.5 Å². The molecule has 1 aliphatic heterocycles. The molecule has 1 amide bonds. The zero-order valence-corrected chi connectivity index (χ0v) is 14.5. The lowest BCUT2D eigenvalue weighted by Gasteiger charge is -2.32. The smallest absolute Gasteiger partial charge is 0.256 e. The van der Waals surface area contributed by atoms with Crippen molar-refractivity contribution < 1.29 is 9.18 Å². The average molecular weight is 351 g/mol. The predicted molar refractivity (Wildman–Crippen MR) is 100 cm³/mol. The molecule has 1 aliphatic rings. The normalized spacial score (nSPS) is 15.5. The molecule has 134 valence electrons. The summed E-state index contributed by atoms with van der Waals surface area (Å²) in [6.45, 7) is 2.11. The van der Waals surface area contributed by atoms with Crippen LogP contribution < -0.4 is 5.32 Å². The summed E-state index contributed by atoms with van der Waals surface area (Å²) in [7, 11) is 0. The summed E-state index contributed by atoms with van der Waals surface area (Å²) in [5.41, 5.74) is 2.58. The number of aromatic amines is 1. The van der Waals surface area contributed by atoms with Crippen LogP contribution in [0.4, 0.5) is 4.39 Å². The zero-order valence-electron chi connectivity index (χ0n) is 14.5. The lowest BCUT2D eigenvalue weighted by atomic mass is 10.0. The Hall–Kier alpha value is -2.66. The molecule has 0 saturated carbocycles. The minimum atomic E-state index is -0.447. The first-order valence-corrected chi connectivity index (χ1v) is 9.04. The van der Waals surface area contributed by atoms with E-state index in [9.17, 15) is 9.18 Å². The first-order valence-electron chi connectivity index (χ1n) is 9.04. The second kappa shape index (κ2) is 7.30. The average Bonchev–Trinajstić information content (AvgIpc) is 3.16. The molecule has 26 heavy (non-hydrogen) atoms. The molecule has 1 aromatic heterocycles. The topological polar surface area (TPSA) is 48.1 Å². The number of nitrogens with one attached hydrogen (secondary N) is 2. The van der Waals surface area contributed by atoms with Crippen LogP contribution in [0.25, 0.3) is 10.9 Å². The maximum atomic E-state index is 13.8. The van der Waals surface area contributed by atoms with Crippen molar-refractivity contribution in [3.63, 3.8) is 0 Å². The van der Waals surface area contributed by atoms with Crippen molar-refractivity contribution in [2.24, 2.45) is 0 Å². The summed E-state index contributed by atoms with van der Waals surface area (Å²) >= 11 is 0. The summed E-state index contributed by atoms with van der Waals surface area (Å²) in [5, 5.41) is 4.85. The van der Waals surface area contributed by atoms with E-state index in [1.807, 2.05) is 6.20 Å². The number of nitrogens with zero attached hydrogens (tertiary/aromatic N) is 1. The second-order valence-corrected chi connectivity index (χ2v) is 6.78. The first kappa shape index (κ1) is 16.8. The van der Waals surface area contributed by atoms with E-state index in [1.165, 1.54) is 17.0 Å². The maximum absolute atomic E-state index is 13.8. The minimum Gasteiger partial charge on any atom is -0.361 e. The fourth-order valence-corrected chi connectivity index (χ4v) is 3.65. The highest BCUT2D eigenvalue weighted by Gasteiger charge is 2.24. The number of hydrogen-bond donors (Lipinski definition) is 2. The lowest BCUT2D eigenvalue weighted by molar-refractivity contribution is 0.0700. The number of benzene rings is 2. The van der Waals surface area contributed by atoms with Crippen molar-refractivity contribution in [2.45, 2.75) is 25.4 Å². The van der Waals surface area contributed by atoms with Gasteiger partial charge < -0.3 is 15.2 Å². The van der Waals surface area contributed by atoms with E-state index in [0.29, 0.717) is 19.1 Å². The molecule has 1 saturated heterocycles. The number of halogens is 1. The molecule has 0 spiro atoms. The Morgan fingerprint density at radius 1 is 1.12 bits per heavy atom. The number of amides is 1. The fraction of sp³-hybridized carbons (Fsp3) is 0.286. The van der Waals surface area contributed by atoms with Crippen molar-refractivity contribution in [3.05, 3.63) is 71.7 Å². The van der Waals surface area contributed by atoms with Gasteiger partial charge in [0.2, 0.25) is 0 Å². The Kier molecular flexibility index (Phi) is 4.71. The third-order valence-electron chi connectivity index (χ3n) is 5.15. The van der Waals surface area contributed by atoms with E-state index >= 15 is 0 Å². The summed E-state index contributed by atoms with van der Waals surface area (Å²) in [6.07, 6.45) is 3.72. The number of piperidine rings is 1. The molecule has 0 unspecified atom stereocenters. The molecule has 1 fully saturated rings. The highest BCUT2D eigenvalue weighted by atomic mass is 19.1. The Morgan fingerprint density at radius 2 is 1.92 bits per heavy atom. The predicted octanol–water partition coefficient (Wildman–Crippen LogP) is 3.70. The van der Waals surface area contributed by atoms with Gasteiger partial charge in [-0.25, -0.2) is 4.39 Å². The van der Waals surface area contributed by atoms with Crippen molar-refractivity contribution in [3.8, 4) is 0 Å². The quantitative estimate of drug-likeness (QED) is 0.753. The third-order valence-corrected chi connectivity index (χ3v) is 5.15. The molecule has 2 N–H and O–H groups in total. The van der Waals surface area contributed by atoms with E-state index in [4.69, 9.17) is 0 Å². The van der Waals surface area contributed by atoms with Gasteiger partial charge in [-0.2, -0.15) is 0 Å². The number of carbonyl (C=O) groups excluding carboxylic acids is 1.